The maximum absolute atomic E-state index is 2.79. The van der Waals surface area contributed by atoms with E-state index in [4.69, 9.17) is 0 Å². The van der Waals surface area contributed by atoms with Gasteiger partial charge in [0, 0.05) is 18.1 Å². The van der Waals surface area contributed by atoms with Gasteiger partial charge in [-0.15, -0.1) is 0 Å². The van der Waals surface area contributed by atoms with Crippen molar-refractivity contribution in [3.8, 4) is 0 Å². The third-order valence-corrected chi connectivity index (χ3v) is 3.97. The van der Waals surface area contributed by atoms with Crippen molar-refractivity contribution in [3.05, 3.63) is 0 Å². The minimum Gasteiger partial charge on any atom is -0.295 e. The third kappa shape index (κ3) is 1.41. The van der Waals surface area contributed by atoms with E-state index in [-0.39, 0.29) is 0 Å². The van der Waals surface area contributed by atoms with Crippen molar-refractivity contribution in [2.24, 2.45) is 11.8 Å². The zero-order valence-electron chi connectivity index (χ0n) is 9.46. The van der Waals surface area contributed by atoms with Gasteiger partial charge in [0.25, 0.3) is 0 Å². The molecule has 1 heterocycles. The second kappa shape index (κ2) is 3.27. The zero-order chi connectivity index (χ0) is 9.59. The van der Waals surface area contributed by atoms with E-state index in [9.17, 15) is 0 Å². The second-order valence-electron chi connectivity index (χ2n) is 5.50. The van der Waals surface area contributed by atoms with E-state index in [1.54, 1.807) is 0 Å². The maximum atomic E-state index is 2.79. The number of hydrogen-bond acceptors (Lipinski definition) is 1. The lowest BCUT2D eigenvalue weighted by atomic mass is 9.89. The largest absolute Gasteiger partial charge is 0.295 e. The molecule has 2 aliphatic rings. The minimum absolute atomic E-state index is 0.752. The van der Waals surface area contributed by atoms with Crippen molar-refractivity contribution in [2.45, 2.75) is 65.1 Å². The molecule has 1 heteroatoms. The summed E-state index contributed by atoms with van der Waals surface area (Å²) in [6.07, 6.45) is 4.45. The molecule has 76 valence electrons. The van der Waals surface area contributed by atoms with Gasteiger partial charge in [0.15, 0.2) is 0 Å². The fourth-order valence-corrected chi connectivity index (χ4v) is 3.71. The average Bonchev–Trinajstić information content (AvgIpc) is 2.60. The second-order valence-corrected chi connectivity index (χ2v) is 5.50. The Morgan fingerprint density at radius 1 is 1.08 bits per heavy atom. The Hall–Kier alpha value is -0.0400. The lowest BCUT2D eigenvalue weighted by molar-refractivity contribution is 0.0732. The average molecular weight is 181 g/mol. The highest BCUT2D eigenvalue weighted by Gasteiger charge is 2.47. The van der Waals surface area contributed by atoms with Crippen molar-refractivity contribution < 1.29 is 0 Å². The van der Waals surface area contributed by atoms with Gasteiger partial charge in [-0.05, 0) is 44.9 Å². The lowest BCUT2D eigenvalue weighted by Crippen LogP contribution is -2.47. The van der Waals surface area contributed by atoms with Gasteiger partial charge in [-0.25, -0.2) is 0 Å². The first-order valence-electron chi connectivity index (χ1n) is 5.88. The van der Waals surface area contributed by atoms with Crippen LogP contribution in [0.5, 0.6) is 0 Å². The summed E-state index contributed by atoms with van der Waals surface area (Å²) in [5, 5.41) is 0. The minimum atomic E-state index is 0.752. The molecule has 2 bridgehead atoms. The summed E-state index contributed by atoms with van der Waals surface area (Å²) >= 11 is 0. The first-order chi connectivity index (χ1) is 6.11. The van der Waals surface area contributed by atoms with Gasteiger partial charge in [-0.2, -0.15) is 0 Å². The van der Waals surface area contributed by atoms with Crippen molar-refractivity contribution in [1.82, 2.24) is 4.90 Å². The van der Waals surface area contributed by atoms with E-state index in [0.29, 0.717) is 0 Å². The molecule has 2 rings (SSSR count). The summed E-state index contributed by atoms with van der Waals surface area (Å²) < 4.78 is 0. The van der Waals surface area contributed by atoms with Crippen LogP contribution in [-0.4, -0.2) is 23.0 Å². The molecule has 2 fully saturated rings. The number of nitrogens with zero attached hydrogens (tertiary/aromatic N) is 1. The Labute approximate surface area is 82.5 Å². The molecule has 1 saturated heterocycles. The highest BCUT2D eigenvalue weighted by atomic mass is 15.3. The Morgan fingerprint density at radius 2 is 1.77 bits per heavy atom. The molecule has 1 aliphatic heterocycles. The molecule has 0 aromatic rings. The number of likely N-dealkylation sites (tertiary alicyclic amines) is 1. The molecule has 13 heavy (non-hydrogen) atoms. The highest BCUT2D eigenvalue weighted by Crippen LogP contribution is 2.45. The first-order valence-corrected chi connectivity index (χ1v) is 5.88. The van der Waals surface area contributed by atoms with Crippen molar-refractivity contribution >= 4 is 0 Å². The number of piperidine rings is 1. The van der Waals surface area contributed by atoms with Gasteiger partial charge in [-0.1, -0.05) is 13.8 Å². The first kappa shape index (κ1) is 9.51. The fourth-order valence-electron chi connectivity index (χ4n) is 3.71. The van der Waals surface area contributed by atoms with Crippen LogP contribution in [0.3, 0.4) is 0 Å². The van der Waals surface area contributed by atoms with Crippen LogP contribution >= 0.6 is 0 Å². The molecule has 1 aliphatic carbocycles. The molecule has 1 nitrogen and oxygen atoms in total. The quantitative estimate of drug-likeness (QED) is 0.633. The van der Waals surface area contributed by atoms with Crippen molar-refractivity contribution in [3.63, 3.8) is 0 Å². The van der Waals surface area contributed by atoms with E-state index in [1.807, 2.05) is 0 Å². The lowest BCUT2D eigenvalue weighted by Gasteiger charge is -2.40. The summed E-state index contributed by atoms with van der Waals surface area (Å²) in [6.45, 7) is 9.49. The smallest absolute Gasteiger partial charge is 0.0153 e. The molecule has 0 aromatic carbocycles. The number of hydrogen-bond donors (Lipinski definition) is 0. The molecular weight excluding hydrogens is 158 g/mol. The van der Waals surface area contributed by atoms with Crippen LogP contribution in [0.1, 0.15) is 47.0 Å². The van der Waals surface area contributed by atoms with E-state index >= 15 is 0 Å². The van der Waals surface area contributed by atoms with Crippen LogP contribution in [0.2, 0.25) is 0 Å². The van der Waals surface area contributed by atoms with Crippen molar-refractivity contribution in [1.29, 1.82) is 0 Å². The predicted molar refractivity (Wildman–Crippen MR) is 56.7 cm³/mol. The molecular formula is C12H23N. The summed E-state index contributed by atoms with van der Waals surface area (Å²) in [7, 11) is 0. The van der Waals surface area contributed by atoms with E-state index in [2.05, 4.69) is 32.6 Å². The third-order valence-electron chi connectivity index (χ3n) is 3.97. The van der Waals surface area contributed by atoms with E-state index in [0.717, 1.165) is 30.0 Å². The molecule has 1 saturated carbocycles. The fraction of sp³-hybridized carbons (Fsp3) is 1.00. The Kier molecular flexibility index (Phi) is 2.39. The van der Waals surface area contributed by atoms with Crippen LogP contribution in [0.15, 0.2) is 0 Å². The Bertz CT molecular complexity index is 166. The van der Waals surface area contributed by atoms with Crippen LogP contribution in [0.25, 0.3) is 0 Å². The molecule has 3 atom stereocenters. The summed E-state index contributed by atoms with van der Waals surface area (Å²) in [6, 6.07) is 2.57. The van der Waals surface area contributed by atoms with E-state index < -0.39 is 0 Å². The highest BCUT2D eigenvalue weighted by molar-refractivity contribution is 5.01. The summed E-state index contributed by atoms with van der Waals surface area (Å²) in [4.78, 5) is 2.79. The standard InChI is InChI=1S/C12H23N/c1-8(2)12-10-5-6-11(7-10)13(12)9(3)4/h8-12H,5-7H2,1-4H3. The Balaban J connectivity index is 2.15. The normalized spacial score (nSPS) is 39.7. The van der Waals surface area contributed by atoms with Crippen molar-refractivity contribution in [2.75, 3.05) is 0 Å². The van der Waals surface area contributed by atoms with Crippen LogP contribution in [0.4, 0.5) is 0 Å². The number of rotatable bonds is 2. The predicted octanol–water partition coefficient (Wildman–Crippen LogP) is 2.90. The van der Waals surface area contributed by atoms with Gasteiger partial charge < -0.3 is 0 Å². The van der Waals surface area contributed by atoms with Crippen LogP contribution < -0.4 is 0 Å². The maximum Gasteiger partial charge on any atom is 0.0153 e. The summed E-state index contributed by atoms with van der Waals surface area (Å²) in [5.41, 5.74) is 0. The number of fused-ring (bicyclic) bond motifs is 2. The zero-order valence-corrected chi connectivity index (χ0v) is 9.46. The van der Waals surface area contributed by atoms with Gasteiger partial charge in [-0.3, -0.25) is 4.90 Å². The van der Waals surface area contributed by atoms with Gasteiger partial charge in [0.1, 0.15) is 0 Å². The van der Waals surface area contributed by atoms with Gasteiger partial charge >= 0.3 is 0 Å². The monoisotopic (exact) mass is 181 g/mol. The summed E-state index contributed by atoms with van der Waals surface area (Å²) in [5.74, 6) is 1.87. The van der Waals surface area contributed by atoms with E-state index in [1.165, 1.54) is 19.3 Å². The topological polar surface area (TPSA) is 3.24 Å². The Morgan fingerprint density at radius 3 is 2.23 bits per heavy atom. The SMILES string of the molecule is CC(C)C1C2CCC(C2)N1C(C)C. The van der Waals surface area contributed by atoms with Gasteiger partial charge in [0.2, 0.25) is 0 Å². The molecule has 0 radical (unpaired) electrons. The van der Waals surface area contributed by atoms with Crippen LogP contribution in [0, 0.1) is 11.8 Å². The molecule has 0 spiro atoms. The molecule has 0 N–H and O–H groups in total. The molecule has 0 amide bonds. The van der Waals surface area contributed by atoms with Gasteiger partial charge in [0.05, 0.1) is 0 Å². The molecule has 3 unspecified atom stereocenters. The van der Waals surface area contributed by atoms with Crippen LogP contribution in [-0.2, 0) is 0 Å². The molecule has 0 aromatic heterocycles.